The fourth-order valence-electron chi connectivity index (χ4n) is 3.37. The number of halogens is 1. The highest BCUT2D eigenvalue weighted by Crippen LogP contribution is 2.18. The molecule has 1 N–H and O–H groups in total. The van der Waals surface area contributed by atoms with Crippen molar-refractivity contribution in [2.45, 2.75) is 18.9 Å². The van der Waals surface area contributed by atoms with Gasteiger partial charge < -0.3 is 10.2 Å². The van der Waals surface area contributed by atoms with Crippen LogP contribution in [0.1, 0.15) is 33.7 Å². The van der Waals surface area contributed by atoms with Crippen LogP contribution in [0.2, 0.25) is 5.02 Å². The summed E-state index contributed by atoms with van der Waals surface area (Å²) in [6.45, 7) is 1.09. The van der Waals surface area contributed by atoms with Crippen molar-refractivity contribution in [1.82, 2.24) is 25.2 Å². The van der Waals surface area contributed by atoms with E-state index >= 15 is 0 Å². The zero-order valence-corrected chi connectivity index (χ0v) is 16.4. The standard InChI is InChI=1S/C21H20ClN5O2/c22-18-9-5-4-8-17(18)20(28)23-15-10-12-26(13-11-15)21(29)19-14-27(25-24-19)16-6-2-1-3-7-16/h1-9,14-15H,10-13H2,(H,23,28). The first kappa shape index (κ1) is 19.1. The molecular formula is C21H20ClN5O2. The molecule has 148 valence electrons. The summed E-state index contributed by atoms with van der Waals surface area (Å²) in [5, 5.41) is 11.5. The number of hydrogen-bond donors (Lipinski definition) is 1. The predicted octanol–water partition coefficient (Wildman–Crippen LogP) is 2.96. The Hall–Kier alpha value is -3.19. The summed E-state index contributed by atoms with van der Waals surface area (Å²) < 4.78 is 1.59. The fourth-order valence-corrected chi connectivity index (χ4v) is 3.59. The second-order valence-corrected chi connectivity index (χ2v) is 7.31. The number of para-hydroxylation sites is 1. The summed E-state index contributed by atoms with van der Waals surface area (Å²) in [6.07, 6.45) is 2.99. The molecule has 1 fully saturated rings. The number of carbonyl (C=O) groups excluding carboxylic acids is 2. The topological polar surface area (TPSA) is 80.1 Å². The molecule has 1 aromatic heterocycles. The van der Waals surface area contributed by atoms with E-state index in [1.54, 1.807) is 40.0 Å². The average Bonchev–Trinajstić information content (AvgIpc) is 3.25. The average molecular weight is 410 g/mol. The van der Waals surface area contributed by atoms with Crippen molar-refractivity contribution in [1.29, 1.82) is 0 Å². The maximum Gasteiger partial charge on any atom is 0.276 e. The third-order valence-electron chi connectivity index (χ3n) is 4.97. The molecule has 1 saturated heterocycles. The Morgan fingerprint density at radius 3 is 2.41 bits per heavy atom. The third-order valence-corrected chi connectivity index (χ3v) is 5.30. The van der Waals surface area contributed by atoms with Crippen molar-refractivity contribution >= 4 is 23.4 Å². The van der Waals surface area contributed by atoms with E-state index in [0.717, 1.165) is 5.69 Å². The zero-order chi connectivity index (χ0) is 20.2. The lowest BCUT2D eigenvalue weighted by atomic mass is 10.0. The number of nitrogens with zero attached hydrogens (tertiary/aromatic N) is 4. The Bertz CT molecular complexity index is 1010. The number of piperidine rings is 1. The van der Waals surface area contributed by atoms with Crippen molar-refractivity contribution in [3.8, 4) is 5.69 Å². The molecule has 0 bridgehead atoms. The second kappa shape index (κ2) is 8.45. The van der Waals surface area contributed by atoms with Crippen LogP contribution in [0.5, 0.6) is 0 Å². The van der Waals surface area contributed by atoms with Crippen LogP contribution in [0.3, 0.4) is 0 Å². The van der Waals surface area contributed by atoms with Gasteiger partial charge in [0.25, 0.3) is 11.8 Å². The first-order valence-corrected chi connectivity index (χ1v) is 9.82. The van der Waals surface area contributed by atoms with Gasteiger partial charge in [-0.15, -0.1) is 5.10 Å². The molecule has 2 amide bonds. The molecule has 0 atom stereocenters. The Morgan fingerprint density at radius 2 is 1.69 bits per heavy atom. The van der Waals surface area contributed by atoms with E-state index in [2.05, 4.69) is 15.6 Å². The lowest BCUT2D eigenvalue weighted by molar-refractivity contribution is 0.0692. The van der Waals surface area contributed by atoms with Crippen molar-refractivity contribution in [2.24, 2.45) is 0 Å². The quantitative estimate of drug-likeness (QED) is 0.718. The van der Waals surface area contributed by atoms with E-state index in [1.807, 2.05) is 30.3 Å². The fraction of sp³-hybridized carbons (Fsp3) is 0.238. The van der Waals surface area contributed by atoms with E-state index in [-0.39, 0.29) is 17.9 Å². The van der Waals surface area contributed by atoms with Crippen LogP contribution in [-0.4, -0.2) is 50.8 Å². The van der Waals surface area contributed by atoms with Gasteiger partial charge in [-0.3, -0.25) is 9.59 Å². The largest absolute Gasteiger partial charge is 0.349 e. The molecule has 2 aromatic carbocycles. The van der Waals surface area contributed by atoms with Crippen LogP contribution in [0.4, 0.5) is 0 Å². The number of hydrogen-bond acceptors (Lipinski definition) is 4. The van der Waals surface area contributed by atoms with Crippen molar-refractivity contribution in [2.75, 3.05) is 13.1 Å². The summed E-state index contributed by atoms with van der Waals surface area (Å²) in [7, 11) is 0. The van der Waals surface area contributed by atoms with E-state index in [1.165, 1.54) is 0 Å². The Balaban J connectivity index is 1.34. The van der Waals surface area contributed by atoms with Crippen LogP contribution in [0.15, 0.2) is 60.8 Å². The van der Waals surface area contributed by atoms with Crippen molar-refractivity contribution in [3.05, 3.63) is 77.1 Å². The molecule has 8 heteroatoms. The Labute approximate surface area is 173 Å². The Morgan fingerprint density at radius 1 is 1.00 bits per heavy atom. The first-order chi connectivity index (χ1) is 14.1. The third kappa shape index (κ3) is 4.30. The second-order valence-electron chi connectivity index (χ2n) is 6.90. The monoisotopic (exact) mass is 409 g/mol. The van der Waals surface area contributed by atoms with E-state index in [4.69, 9.17) is 11.6 Å². The van der Waals surface area contributed by atoms with Crippen molar-refractivity contribution < 1.29 is 9.59 Å². The van der Waals surface area contributed by atoms with Crippen LogP contribution in [0.25, 0.3) is 5.69 Å². The molecule has 7 nitrogen and oxygen atoms in total. The number of aromatic nitrogens is 3. The molecule has 0 aliphatic carbocycles. The van der Waals surface area contributed by atoms with Crippen molar-refractivity contribution in [3.63, 3.8) is 0 Å². The number of benzene rings is 2. The van der Waals surface area contributed by atoms with Gasteiger partial charge in [0, 0.05) is 19.1 Å². The molecule has 3 aromatic rings. The van der Waals surface area contributed by atoms with Crippen LogP contribution >= 0.6 is 11.6 Å². The van der Waals surface area contributed by atoms with E-state index in [9.17, 15) is 9.59 Å². The van der Waals surface area contributed by atoms with Crippen LogP contribution in [0, 0.1) is 0 Å². The number of amides is 2. The smallest absolute Gasteiger partial charge is 0.276 e. The van der Waals surface area contributed by atoms with Crippen LogP contribution < -0.4 is 5.32 Å². The number of carbonyl (C=O) groups is 2. The van der Waals surface area contributed by atoms with Gasteiger partial charge >= 0.3 is 0 Å². The van der Waals surface area contributed by atoms with Crippen LogP contribution in [-0.2, 0) is 0 Å². The molecule has 4 rings (SSSR count). The molecule has 29 heavy (non-hydrogen) atoms. The maximum absolute atomic E-state index is 12.7. The van der Waals surface area contributed by atoms with Gasteiger partial charge in [-0.05, 0) is 37.1 Å². The van der Waals surface area contributed by atoms with Gasteiger partial charge in [-0.25, -0.2) is 4.68 Å². The minimum Gasteiger partial charge on any atom is -0.349 e. The minimum absolute atomic E-state index is 0.00261. The molecule has 0 unspecified atom stereocenters. The highest BCUT2D eigenvalue weighted by atomic mass is 35.5. The lowest BCUT2D eigenvalue weighted by Crippen LogP contribution is -2.46. The number of rotatable bonds is 4. The van der Waals surface area contributed by atoms with Gasteiger partial charge in [0.15, 0.2) is 5.69 Å². The Kier molecular flexibility index (Phi) is 5.57. The van der Waals surface area contributed by atoms with Gasteiger partial charge in [0.1, 0.15) is 0 Å². The van der Waals surface area contributed by atoms with E-state index < -0.39 is 0 Å². The molecule has 0 spiro atoms. The highest BCUT2D eigenvalue weighted by Gasteiger charge is 2.26. The highest BCUT2D eigenvalue weighted by molar-refractivity contribution is 6.33. The predicted molar refractivity (Wildman–Crippen MR) is 109 cm³/mol. The molecule has 1 aliphatic rings. The summed E-state index contributed by atoms with van der Waals surface area (Å²) in [6, 6.07) is 16.5. The molecule has 0 saturated carbocycles. The number of likely N-dealkylation sites (tertiary alicyclic amines) is 1. The maximum atomic E-state index is 12.7. The summed E-state index contributed by atoms with van der Waals surface area (Å²) in [4.78, 5) is 26.9. The van der Waals surface area contributed by atoms with Gasteiger partial charge in [-0.1, -0.05) is 47.1 Å². The number of nitrogens with one attached hydrogen (secondary N) is 1. The SMILES string of the molecule is O=C(NC1CCN(C(=O)c2cn(-c3ccccc3)nn2)CC1)c1ccccc1Cl. The van der Waals surface area contributed by atoms with Gasteiger partial charge in [-0.2, -0.15) is 0 Å². The summed E-state index contributed by atoms with van der Waals surface area (Å²) in [5.74, 6) is -0.339. The van der Waals surface area contributed by atoms with E-state index in [0.29, 0.717) is 42.2 Å². The minimum atomic E-state index is -0.189. The lowest BCUT2D eigenvalue weighted by Gasteiger charge is -2.32. The molecular weight excluding hydrogens is 390 g/mol. The zero-order valence-electron chi connectivity index (χ0n) is 15.7. The summed E-state index contributed by atoms with van der Waals surface area (Å²) >= 11 is 6.09. The summed E-state index contributed by atoms with van der Waals surface area (Å²) in [5.41, 5.74) is 1.62. The molecule has 2 heterocycles. The van der Waals surface area contributed by atoms with Gasteiger partial charge in [0.2, 0.25) is 0 Å². The first-order valence-electron chi connectivity index (χ1n) is 9.44. The normalized spacial score (nSPS) is 14.6. The van der Waals surface area contributed by atoms with Gasteiger partial charge in [0.05, 0.1) is 22.5 Å². The molecule has 0 radical (unpaired) electrons. The molecule has 1 aliphatic heterocycles.